The molecule has 2 aromatic carbocycles. The van der Waals surface area contributed by atoms with Crippen molar-refractivity contribution in [2.75, 3.05) is 11.8 Å². The third kappa shape index (κ3) is 4.81. The molecule has 7 nitrogen and oxygen atoms in total. The summed E-state index contributed by atoms with van der Waals surface area (Å²) < 4.78 is 45.3. The summed E-state index contributed by atoms with van der Waals surface area (Å²) in [5.41, 5.74) is 2.15. The highest BCUT2D eigenvalue weighted by Crippen LogP contribution is 2.44. The van der Waals surface area contributed by atoms with E-state index in [4.69, 9.17) is 9.47 Å². The lowest BCUT2D eigenvalue weighted by molar-refractivity contribution is 0.0600. The minimum absolute atomic E-state index is 0.0715. The van der Waals surface area contributed by atoms with Crippen molar-refractivity contribution in [3.8, 4) is 16.2 Å². The molecule has 1 aromatic heterocycles. The predicted octanol–water partition coefficient (Wildman–Crippen LogP) is 5.60. The van der Waals surface area contributed by atoms with Crippen LogP contribution >= 0.6 is 11.5 Å². The van der Waals surface area contributed by atoms with E-state index in [1.807, 2.05) is 18.2 Å². The molecule has 178 valence electrons. The molecule has 3 aromatic rings. The van der Waals surface area contributed by atoms with Crippen molar-refractivity contribution in [1.29, 1.82) is 0 Å². The van der Waals surface area contributed by atoms with E-state index in [0.29, 0.717) is 11.4 Å². The Morgan fingerprint density at radius 2 is 1.85 bits per heavy atom. The second-order valence-corrected chi connectivity index (χ2v) is 11.2. The third-order valence-electron chi connectivity index (χ3n) is 6.28. The van der Waals surface area contributed by atoms with Gasteiger partial charge in [-0.15, -0.1) is 0 Å². The number of hydrogen-bond acceptors (Lipinski definition) is 7. The molecule has 1 heterocycles. The molecule has 0 unspecified atom stereocenters. The number of methoxy groups -OCH3 is 1. The number of rotatable bonds is 8. The number of sulfonamides is 1. The minimum atomic E-state index is -4.00. The van der Waals surface area contributed by atoms with E-state index < -0.39 is 16.0 Å². The number of carbonyl (C=O) groups is 1. The fourth-order valence-electron chi connectivity index (χ4n) is 4.36. The number of benzene rings is 2. The molecule has 9 heteroatoms. The Labute approximate surface area is 203 Å². The lowest BCUT2D eigenvalue weighted by Crippen LogP contribution is -2.18. The maximum absolute atomic E-state index is 13.7. The van der Waals surface area contributed by atoms with E-state index in [1.54, 1.807) is 24.4 Å². The highest BCUT2D eigenvalue weighted by molar-refractivity contribution is 7.92. The highest BCUT2D eigenvalue weighted by Gasteiger charge is 2.32. The average molecular weight is 499 g/mol. The second kappa shape index (κ2) is 9.38. The first-order chi connectivity index (χ1) is 16.4. The van der Waals surface area contributed by atoms with Crippen LogP contribution in [-0.2, 0) is 14.8 Å². The Morgan fingerprint density at radius 3 is 2.53 bits per heavy atom. The van der Waals surface area contributed by atoms with E-state index in [1.165, 1.54) is 24.7 Å². The fourth-order valence-corrected chi connectivity index (χ4v) is 6.33. The third-order valence-corrected chi connectivity index (χ3v) is 8.50. The lowest BCUT2D eigenvalue weighted by Gasteiger charge is -2.19. The van der Waals surface area contributed by atoms with Crippen LogP contribution < -0.4 is 9.46 Å². The van der Waals surface area contributed by atoms with Crippen LogP contribution in [0, 0.1) is 0 Å². The Morgan fingerprint density at radius 1 is 1.06 bits per heavy atom. The maximum atomic E-state index is 13.7. The Hall–Kier alpha value is -2.91. The first-order valence-electron chi connectivity index (χ1n) is 11.4. The predicted molar refractivity (Wildman–Crippen MR) is 131 cm³/mol. The molecule has 1 N–H and O–H groups in total. The molecule has 0 atom stereocenters. The van der Waals surface area contributed by atoms with Gasteiger partial charge in [-0.25, -0.2) is 17.6 Å². The van der Waals surface area contributed by atoms with Gasteiger partial charge in [0.05, 0.1) is 34.2 Å². The van der Waals surface area contributed by atoms with Crippen molar-refractivity contribution in [1.82, 2.24) is 4.37 Å². The summed E-state index contributed by atoms with van der Waals surface area (Å²) in [7, 11) is -2.73. The molecular formula is C25H26N2O5S2. The summed E-state index contributed by atoms with van der Waals surface area (Å²) in [4.78, 5) is 13.1. The normalized spacial score (nSPS) is 16.4. The number of carbonyl (C=O) groups excluding carboxylic acids is 1. The van der Waals surface area contributed by atoms with Gasteiger partial charge in [0, 0.05) is 6.20 Å². The number of anilines is 1. The summed E-state index contributed by atoms with van der Waals surface area (Å²) in [6.07, 6.45) is 7.76. The first-order valence-corrected chi connectivity index (χ1v) is 13.7. The van der Waals surface area contributed by atoms with Crippen molar-refractivity contribution in [3.05, 3.63) is 59.8 Å². The van der Waals surface area contributed by atoms with Gasteiger partial charge in [-0.1, -0.05) is 6.07 Å². The van der Waals surface area contributed by atoms with Crippen LogP contribution in [0.4, 0.5) is 5.69 Å². The monoisotopic (exact) mass is 498 g/mol. The van der Waals surface area contributed by atoms with E-state index >= 15 is 0 Å². The van der Waals surface area contributed by atoms with Crippen molar-refractivity contribution in [3.63, 3.8) is 0 Å². The maximum Gasteiger partial charge on any atom is 0.337 e. The Kier molecular flexibility index (Phi) is 6.31. The van der Waals surface area contributed by atoms with E-state index in [2.05, 4.69) is 9.10 Å². The van der Waals surface area contributed by atoms with Crippen LogP contribution in [0.5, 0.6) is 5.75 Å². The van der Waals surface area contributed by atoms with Gasteiger partial charge in [-0.3, -0.25) is 4.72 Å². The van der Waals surface area contributed by atoms with Crippen LogP contribution in [0.25, 0.3) is 10.4 Å². The van der Waals surface area contributed by atoms with E-state index in [-0.39, 0.29) is 22.5 Å². The summed E-state index contributed by atoms with van der Waals surface area (Å²) in [5.74, 6) is 0.105. The van der Waals surface area contributed by atoms with Crippen molar-refractivity contribution >= 4 is 33.2 Å². The van der Waals surface area contributed by atoms with Gasteiger partial charge in [0.1, 0.15) is 5.75 Å². The van der Waals surface area contributed by atoms with Gasteiger partial charge in [0.15, 0.2) is 0 Å². The topological polar surface area (TPSA) is 94.6 Å². The quantitative estimate of drug-likeness (QED) is 0.407. The van der Waals surface area contributed by atoms with E-state index in [0.717, 1.165) is 54.5 Å². The molecule has 0 bridgehead atoms. The smallest absolute Gasteiger partial charge is 0.337 e. The van der Waals surface area contributed by atoms with Gasteiger partial charge < -0.3 is 9.47 Å². The SMILES string of the molecule is COC(=O)c1ccc(C2CC2)c(S(=O)(=O)Nc2cc(-c3ccns3)ccc2OC2CCCC2)c1. The molecule has 2 aliphatic carbocycles. The largest absolute Gasteiger partial charge is 0.488 e. The summed E-state index contributed by atoms with van der Waals surface area (Å²) in [6, 6.07) is 12.2. The molecule has 0 amide bonds. The minimum Gasteiger partial charge on any atom is -0.488 e. The average Bonchev–Trinajstić information content (AvgIpc) is 3.29. The molecule has 5 rings (SSSR count). The summed E-state index contributed by atoms with van der Waals surface area (Å²) >= 11 is 1.34. The number of esters is 1. The number of nitrogens with one attached hydrogen (secondary N) is 1. The molecule has 2 saturated carbocycles. The van der Waals surface area contributed by atoms with Gasteiger partial charge in [0.2, 0.25) is 0 Å². The lowest BCUT2D eigenvalue weighted by atomic mass is 10.1. The van der Waals surface area contributed by atoms with Gasteiger partial charge in [0.25, 0.3) is 10.0 Å². The molecule has 0 saturated heterocycles. The van der Waals surface area contributed by atoms with E-state index in [9.17, 15) is 13.2 Å². The van der Waals surface area contributed by atoms with Crippen LogP contribution in [-0.4, -0.2) is 32.0 Å². The fraction of sp³-hybridized carbons (Fsp3) is 0.360. The second-order valence-electron chi connectivity index (χ2n) is 8.74. The summed E-state index contributed by atoms with van der Waals surface area (Å²) in [5, 5.41) is 0. The number of nitrogens with zero attached hydrogens (tertiary/aromatic N) is 1. The zero-order valence-corrected chi connectivity index (χ0v) is 20.5. The molecular weight excluding hydrogens is 472 g/mol. The Balaban J connectivity index is 1.54. The number of hydrogen-bond donors (Lipinski definition) is 1. The zero-order chi connectivity index (χ0) is 23.7. The Bertz CT molecular complexity index is 1290. The number of aromatic nitrogens is 1. The van der Waals surface area contributed by atoms with Crippen molar-refractivity contribution in [2.24, 2.45) is 0 Å². The van der Waals surface area contributed by atoms with Crippen LogP contribution in [0.1, 0.15) is 60.4 Å². The molecule has 0 aliphatic heterocycles. The molecule has 34 heavy (non-hydrogen) atoms. The standard InChI is InChI=1S/C25H26N2O5S2/c1-31-25(28)18-8-10-20(16-6-7-16)24(15-18)34(29,30)27-21-14-17(23-12-13-26-33-23)9-11-22(21)32-19-4-2-3-5-19/h8-16,19,27H,2-7H2,1H3. The van der Waals surface area contributed by atoms with Crippen LogP contribution in [0.2, 0.25) is 0 Å². The molecule has 0 radical (unpaired) electrons. The molecule has 2 aliphatic rings. The van der Waals surface area contributed by atoms with Gasteiger partial charge >= 0.3 is 5.97 Å². The van der Waals surface area contributed by atoms with Crippen LogP contribution in [0.3, 0.4) is 0 Å². The molecule has 0 spiro atoms. The van der Waals surface area contributed by atoms with Crippen molar-refractivity contribution < 1.29 is 22.7 Å². The van der Waals surface area contributed by atoms with Gasteiger partial charge in [-0.05, 0) is 104 Å². The van der Waals surface area contributed by atoms with Crippen LogP contribution in [0.15, 0.2) is 53.6 Å². The first kappa shape index (κ1) is 22.9. The molecule has 2 fully saturated rings. The van der Waals surface area contributed by atoms with Gasteiger partial charge in [-0.2, -0.15) is 0 Å². The number of ether oxygens (including phenoxy) is 2. The van der Waals surface area contributed by atoms with Crippen molar-refractivity contribution in [2.45, 2.75) is 55.4 Å². The zero-order valence-electron chi connectivity index (χ0n) is 18.8. The highest BCUT2D eigenvalue weighted by atomic mass is 32.2. The summed E-state index contributed by atoms with van der Waals surface area (Å²) in [6.45, 7) is 0.